The van der Waals surface area contributed by atoms with Gasteiger partial charge < -0.3 is 5.73 Å². The molecule has 2 bridgehead atoms. The maximum absolute atomic E-state index is 6.37. The molecule has 0 heterocycles. The SMILES string of the molecule is Cc1ccc(CC(N)CC2CC3CCC2C3)c(Cl)c1. The van der Waals surface area contributed by atoms with Gasteiger partial charge in [0.1, 0.15) is 0 Å². The summed E-state index contributed by atoms with van der Waals surface area (Å²) in [6.45, 7) is 2.07. The molecule has 2 heteroatoms. The van der Waals surface area contributed by atoms with E-state index in [0.717, 1.165) is 29.2 Å². The molecule has 0 spiro atoms. The molecule has 1 aromatic carbocycles. The number of fused-ring (bicyclic) bond motifs is 2. The second kappa shape index (κ2) is 5.46. The minimum absolute atomic E-state index is 0.268. The number of hydrogen-bond acceptors (Lipinski definition) is 1. The van der Waals surface area contributed by atoms with Crippen LogP contribution in [0, 0.1) is 24.7 Å². The van der Waals surface area contributed by atoms with Crippen molar-refractivity contribution < 1.29 is 0 Å². The van der Waals surface area contributed by atoms with E-state index in [0.29, 0.717) is 0 Å². The Bertz CT molecular complexity index is 457. The van der Waals surface area contributed by atoms with Crippen LogP contribution in [0.3, 0.4) is 0 Å². The van der Waals surface area contributed by atoms with Gasteiger partial charge in [0.2, 0.25) is 0 Å². The maximum atomic E-state index is 6.37. The highest BCUT2D eigenvalue weighted by atomic mass is 35.5. The predicted molar refractivity (Wildman–Crippen MR) is 81.4 cm³/mol. The minimum Gasteiger partial charge on any atom is -0.327 e. The van der Waals surface area contributed by atoms with E-state index in [4.69, 9.17) is 17.3 Å². The van der Waals surface area contributed by atoms with Crippen molar-refractivity contribution in [2.45, 2.75) is 51.5 Å². The quantitative estimate of drug-likeness (QED) is 0.870. The van der Waals surface area contributed by atoms with Crippen LogP contribution in [0.25, 0.3) is 0 Å². The number of aryl methyl sites for hydroxylation is 1. The Morgan fingerprint density at radius 1 is 1.32 bits per heavy atom. The molecule has 3 rings (SSSR count). The highest BCUT2D eigenvalue weighted by Gasteiger charge is 2.39. The monoisotopic (exact) mass is 277 g/mol. The zero-order chi connectivity index (χ0) is 13.4. The topological polar surface area (TPSA) is 26.0 Å². The van der Waals surface area contributed by atoms with Crippen LogP contribution in [0.1, 0.15) is 43.2 Å². The minimum atomic E-state index is 0.268. The van der Waals surface area contributed by atoms with Crippen LogP contribution in [0.4, 0.5) is 0 Å². The van der Waals surface area contributed by atoms with Crippen molar-refractivity contribution in [2.75, 3.05) is 0 Å². The highest BCUT2D eigenvalue weighted by molar-refractivity contribution is 6.31. The maximum Gasteiger partial charge on any atom is 0.0441 e. The summed E-state index contributed by atoms with van der Waals surface area (Å²) < 4.78 is 0. The average Bonchev–Trinajstić information content (AvgIpc) is 2.95. The molecule has 1 aromatic rings. The molecule has 104 valence electrons. The van der Waals surface area contributed by atoms with Crippen LogP contribution in [0.2, 0.25) is 5.02 Å². The molecule has 2 aliphatic carbocycles. The zero-order valence-electron chi connectivity index (χ0n) is 11.7. The fourth-order valence-corrected chi connectivity index (χ4v) is 4.55. The zero-order valence-corrected chi connectivity index (χ0v) is 12.5. The third-order valence-corrected chi connectivity index (χ3v) is 5.53. The van der Waals surface area contributed by atoms with E-state index in [1.165, 1.54) is 43.2 Å². The Morgan fingerprint density at radius 3 is 2.79 bits per heavy atom. The lowest BCUT2D eigenvalue weighted by Crippen LogP contribution is -2.28. The summed E-state index contributed by atoms with van der Waals surface area (Å²) in [6.07, 6.45) is 7.94. The van der Waals surface area contributed by atoms with Crippen molar-refractivity contribution in [1.82, 2.24) is 0 Å². The van der Waals surface area contributed by atoms with Crippen molar-refractivity contribution in [3.05, 3.63) is 34.3 Å². The van der Waals surface area contributed by atoms with Gasteiger partial charge in [0, 0.05) is 11.1 Å². The molecule has 2 fully saturated rings. The normalized spacial score (nSPS) is 30.8. The number of benzene rings is 1. The fraction of sp³-hybridized carbons (Fsp3) is 0.647. The summed E-state index contributed by atoms with van der Waals surface area (Å²) in [5.74, 6) is 2.88. The second-order valence-electron chi connectivity index (χ2n) is 6.73. The van der Waals surface area contributed by atoms with Crippen LogP contribution in [-0.4, -0.2) is 6.04 Å². The Labute approximate surface area is 121 Å². The van der Waals surface area contributed by atoms with E-state index in [9.17, 15) is 0 Å². The predicted octanol–water partition coefficient (Wildman–Crippen LogP) is 4.34. The molecule has 4 atom stereocenters. The first-order valence-electron chi connectivity index (χ1n) is 7.62. The first kappa shape index (κ1) is 13.5. The summed E-state index contributed by atoms with van der Waals surface area (Å²) in [7, 11) is 0. The highest BCUT2D eigenvalue weighted by Crippen LogP contribution is 2.49. The molecule has 0 radical (unpaired) electrons. The summed E-state index contributed by atoms with van der Waals surface area (Å²) in [5, 5.41) is 0.878. The Hall–Kier alpha value is -0.530. The molecule has 19 heavy (non-hydrogen) atoms. The molecule has 0 aliphatic heterocycles. The number of nitrogens with two attached hydrogens (primary N) is 1. The first-order chi connectivity index (χ1) is 9.11. The van der Waals surface area contributed by atoms with E-state index in [2.05, 4.69) is 19.1 Å². The molecule has 4 unspecified atom stereocenters. The average molecular weight is 278 g/mol. The third-order valence-electron chi connectivity index (χ3n) is 5.18. The van der Waals surface area contributed by atoms with Crippen LogP contribution in [0.5, 0.6) is 0 Å². The van der Waals surface area contributed by atoms with Gasteiger partial charge in [-0.25, -0.2) is 0 Å². The lowest BCUT2D eigenvalue weighted by molar-refractivity contribution is 0.294. The molecular formula is C17H24ClN. The Kier molecular flexibility index (Phi) is 3.86. The smallest absolute Gasteiger partial charge is 0.0441 e. The van der Waals surface area contributed by atoms with Gasteiger partial charge in [-0.05, 0) is 74.0 Å². The molecule has 1 nitrogen and oxygen atoms in total. The van der Waals surface area contributed by atoms with Crippen molar-refractivity contribution in [1.29, 1.82) is 0 Å². The van der Waals surface area contributed by atoms with Gasteiger partial charge in [0.05, 0.1) is 0 Å². The van der Waals surface area contributed by atoms with Crippen LogP contribution < -0.4 is 5.73 Å². The second-order valence-corrected chi connectivity index (χ2v) is 7.14. The van der Waals surface area contributed by atoms with Crippen molar-refractivity contribution >= 4 is 11.6 Å². The Balaban J connectivity index is 1.57. The van der Waals surface area contributed by atoms with Crippen LogP contribution in [0.15, 0.2) is 18.2 Å². The molecule has 0 aromatic heterocycles. The molecule has 2 saturated carbocycles. The molecule has 2 aliphatic rings. The largest absolute Gasteiger partial charge is 0.327 e. The van der Waals surface area contributed by atoms with Gasteiger partial charge >= 0.3 is 0 Å². The number of rotatable bonds is 4. The van der Waals surface area contributed by atoms with Gasteiger partial charge in [-0.2, -0.15) is 0 Å². The summed E-state index contributed by atoms with van der Waals surface area (Å²) in [6, 6.07) is 6.58. The molecular weight excluding hydrogens is 254 g/mol. The van der Waals surface area contributed by atoms with E-state index in [1.54, 1.807) is 0 Å². The van der Waals surface area contributed by atoms with Gasteiger partial charge in [-0.15, -0.1) is 0 Å². The van der Waals surface area contributed by atoms with E-state index >= 15 is 0 Å². The molecule has 0 saturated heterocycles. The van der Waals surface area contributed by atoms with Gasteiger partial charge in [0.15, 0.2) is 0 Å². The van der Waals surface area contributed by atoms with Crippen LogP contribution >= 0.6 is 11.6 Å². The van der Waals surface area contributed by atoms with Gasteiger partial charge in [-0.1, -0.05) is 30.2 Å². The van der Waals surface area contributed by atoms with E-state index < -0.39 is 0 Å². The summed E-state index contributed by atoms with van der Waals surface area (Å²) >= 11 is 6.30. The Morgan fingerprint density at radius 2 is 2.16 bits per heavy atom. The van der Waals surface area contributed by atoms with Crippen molar-refractivity contribution in [3.8, 4) is 0 Å². The first-order valence-corrected chi connectivity index (χ1v) is 8.00. The molecule has 0 amide bonds. The summed E-state index contributed by atoms with van der Waals surface area (Å²) in [5.41, 5.74) is 8.79. The van der Waals surface area contributed by atoms with E-state index in [1.807, 2.05) is 6.07 Å². The number of hydrogen-bond donors (Lipinski definition) is 1. The van der Waals surface area contributed by atoms with Crippen LogP contribution in [-0.2, 0) is 6.42 Å². The number of halogens is 1. The fourth-order valence-electron chi connectivity index (χ4n) is 4.24. The lowest BCUT2D eigenvalue weighted by Gasteiger charge is -2.25. The van der Waals surface area contributed by atoms with Crippen molar-refractivity contribution in [2.24, 2.45) is 23.5 Å². The standard InChI is InChI=1S/C17H24ClN/c1-11-2-4-14(17(18)6-11)9-16(19)10-15-8-12-3-5-13(15)7-12/h2,4,6,12-13,15-16H,3,5,7-10,19H2,1H3. The van der Waals surface area contributed by atoms with Gasteiger partial charge in [-0.3, -0.25) is 0 Å². The molecule has 2 N–H and O–H groups in total. The van der Waals surface area contributed by atoms with E-state index in [-0.39, 0.29) is 6.04 Å². The van der Waals surface area contributed by atoms with Crippen molar-refractivity contribution in [3.63, 3.8) is 0 Å². The van der Waals surface area contributed by atoms with Gasteiger partial charge in [0.25, 0.3) is 0 Å². The summed E-state index contributed by atoms with van der Waals surface area (Å²) in [4.78, 5) is 0. The third kappa shape index (κ3) is 2.98. The lowest BCUT2D eigenvalue weighted by atomic mass is 9.83.